The summed E-state index contributed by atoms with van der Waals surface area (Å²) in [6, 6.07) is 7.15. The van der Waals surface area contributed by atoms with Crippen molar-refractivity contribution >= 4 is 22.8 Å². The highest BCUT2D eigenvalue weighted by atomic mass is 16.5. The van der Waals surface area contributed by atoms with E-state index in [4.69, 9.17) is 9.47 Å². The van der Waals surface area contributed by atoms with E-state index in [0.717, 1.165) is 17.4 Å². The normalized spacial score (nSPS) is 12.2. The second-order valence-electron chi connectivity index (χ2n) is 6.02. The van der Waals surface area contributed by atoms with Crippen molar-refractivity contribution in [3.05, 3.63) is 35.5 Å². The van der Waals surface area contributed by atoms with E-state index in [1.54, 1.807) is 26.0 Å². The Balaban J connectivity index is 2.51. The molecule has 6 nitrogen and oxygen atoms in total. The molecule has 0 fully saturated rings. The average molecular weight is 346 g/mol. The van der Waals surface area contributed by atoms with Gasteiger partial charge in [0.1, 0.15) is 5.69 Å². The third-order valence-electron chi connectivity index (χ3n) is 3.95. The average Bonchev–Trinajstić information content (AvgIpc) is 2.93. The number of ether oxygens (including phenoxy) is 2. The van der Waals surface area contributed by atoms with Gasteiger partial charge in [-0.05, 0) is 51.6 Å². The lowest BCUT2D eigenvalue weighted by Crippen LogP contribution is -2.23. The highest BCUT2D eigenvalue weighted by Crippen LogP contribution is 2.24. The summed E-state index contributed by atoms with van der Waals surface area (Å²) in [5, 5.41) is 4.04. The summed E-state index contributed by atoms with van der Waals surface area (Å²) in [6.07, 6.45) is 0. The van der Waals surface area contributed by atoms with Crippen molar-refractivity contribution in [3.63, 3.8) is 0 Å². The van der Waals surface area contributed by atoms with Crippen LogP contribution >= 0.6 is 0 Å². The number of nitrogens with one attached hydrogen (secondary N) is 1. The van der Waals surface area contributed by atoms with Gasteiger partial charge in [0.25, 0.3) is 0 Å². The zero-order valence-corrected chi connectivity index (χ0v) is 15.3. The lowest BCUT2D eigenvalue weighted by Gasteiger charge is -2.16. The number of hydrogen-bond acceptors (Lipinski definition) is 5. The zero-order chi connectivity index (χ0) is 18.4. The minimum absolute atomic E-state index is 0.306. The van der Waals surface area contributed by atoms with Crippen LogP contribution in [0.4, 0.5) is 0 Å². The van der Waals surface area contributed by atoms with Crippen LogP contribution in [0, 0.1) is 5.92 Å². The minimum atomic E-state index is -0.363. The fourth-order valence-electron chi connectivity index (χ4n) is 2.89. The quantitative estimate of drug-likeness (QED) is 0.744. The van der Waals surface area contributed by atoms with Crippen LogP contribution in [0.25, 0.3) is 10.9 Å². The smallest absolute Gasteiger partial charge is 0.354 e. The van der Waals surface area contributed by atoms with Crippen molar-refractivity contribution in [2.45, 2.75) is 27.3 Å². The molecule has 1 unspecified atom stereocenters. The van der Waals surface area contributed by atoms with Gasteiger partial charge >= 0.3 is 11.9 Å². The molecular weight excluding hydrogens is 320 g/mol. The molecule has 0 spiro atoms. The number of aromatic nitrogens is 1. The van der Waals surface area contributed by atoms with E-state index in [0.29, 0.717) is 36.9 Å². The zero-order valence-electron chi connectivity index (χ0n) is 15.3. The molecule has 0 saturated heterocycles. The van der Waals surface area contributed by atoms with Crippen LogP contribution in [0.15, 0.2) is 24.3 Å². The molecular formula is C19H26N2O4. The number of esters is 2. The number of benzene rings is 1. The molecule has 0 bridgehead atoms. The molecule has 1 aromatic heterocycles. The first-order valence-electron chi connectivity index (χ1n) is 8.63. The molecule has 1 heterocycles. The number of fused-ring (bicyclic) bond motifs is 1. The van der Waals surface area contributed by atoms with Crippen LogP contribution in [0.1, 0.15) is 41.6 Å². The summed E-state index contributed by atoms with van der Waals surface area (Å²) in [7, 11) is 1.90. The molecule has 0 aliphatic heterocycles. The molecule has 0 amide bonds. The number of hydrogen-bond donors (Lipinski definition) is 1. The Bertz CT molecular complexity index is 751. The monoisotopic (exact) mass is 346 g/mol. The predicted molar refractivity (Wildman–Crippen MR) is 96.9 cm³/mol. The molecule has 1 aromatic carbocycles. The van der Waals surface area contributed by atoms with Crippen molar-refractivity contribution in [3.8, 4) is 0 Å². The Morgan fingerprint density at radius 3 is 2.44 bits per heavy atom. The maximum absolute atomic E-state index is 12.3. The molecule has 6 heteroatoms. The SMILES string of the molecule is CCOC(=O)c1ccc2cc(C(=O)OCC)n(CC(C)CNC)c2c1. The largest absolute Gasteiger partial charge is 0.462 e. The Morgan fingerprint density at radius 1 is 1.12 bits per heavy atom. The van der Waals surface area contributed by atoms with Crippen molar-refractivity contribution in [1.82, 2.24) is 9.88 Å². The van der Waals surface area contributed by atoms with Crippen molar-refractivity contribution < 1.29 is 19.1 Å². The van der Waals surface area contributed by atoms with E-state index in [2.05, 4.69) is 12.2 Å². The van der Waals surface area contributed by atoms with E-state index in [1.165, 1.54) is 0 Å². The Morgan fingerprint density at radius 2 is 1.80 bits per heavy atom. The van der Waals surface area contributed by atoms with Crippen molar-refractivity contribution in [1.29, 1.82) is 0 Å². The van der Waals surface area contributed by atoms with Gasteiger partial charge in [-0.1, -0.05) is 13.0 Å². The Kier molecular flexibility index (Phi) is 6.58. The van der Waals surface area contributed by atoms with E-state index in [-0.39, 0.29) is 11.9 Å². The van der Waals surface area contributed by atoms with Crippen LogP contribution < -0.4 is 5.32 Å². The maximum Gasteiger partial charge on any atom is 0.354 e. The summed E-state index contributed by atoms with van der Waals surface area (Å²) in [6.45, 7) is 7.77. The Hall–Kier alpha value is -2.34. The highest BCUT2D eigenvalue weighted by molar-refractivity contribution is 5.99. The second kappa shape index (κ2) is 8.67. The van der Waals surface area contributed by atoms with Gasteiger partial charge < -0.3 is 19.4 Å². The minimum Gasteiger partial charge on any atom is -0.462 e. The molecule has 1 N–H and O–H groups in total. The first-order chi connectivity index (χ1) is 12.0. The topological polar surface area (TPSA) is 69.6 Å². The maximum atomic E-state index is 12.3. The third kappa shape index (κ3) is 4.39. The lowest BCUT2D eigenvalue weighted by molar-refractivity contribution is 0.0509. The van der Waals surface area contributed by atoms with E-state index >= 15 is 0 Å². The van der Waals surface area contributed by atoms with Crippen molar-refractivity contribution in [2.24, 2.45) is 5.92 Å². The number of carbonyl (C=O) groups excluding carboxylic acids is 2. The van der Waals surface area contributed by atoms with Crippen LogP contribution in [0.3, 0.4) is 0 Å². The number of carbonyl (C=O) groups is 2. The van der Waals surface area contributed by atoms with Crippen LogP contribution in [0.2, 0.25) is 0 Å². The van der Waals surface area contributed by atoms with Crippen LogP contribution in [0.5, 0.6) is 0 Å². The number of rotatable bonds is 8. The summed E-state index contributed by atoms with van der Waals surface area (Å²) in [5.41, 5.74) is 1.81. The van der Waals surface area contributed by atoms with Crippen LogP contribution in [-0.4, -0.2) is 43.3 Å². The summed E-state index contributed by atoms with van der Waals surface area (Å²) in [4.78, 5) is 24.4. The van der Waals surface area contributed by atoms with E-state index < -0.39 is 0 Å². The fraction of sp³-hybridized carbons (Fsp3) is 0.474. The highest BCUT2D eigenvalue weighted by Gasteiger charge is 2.19. The van der Waals surface area contributed by atoms with Gasteiger partial charge in [0.05, 0.1) is 18.8 Å². The third-order valence-corrected chi connectivity index (χ3v) is 3.95. The van der Waals surface area contributed by atoms with Gasteiger partial charge in [0.15, 0.2) is 0 Å². The second-order valence-corrected chi connectivity index (χ2v) is 6.02. The van der Waals surface area contributed by atoms with Gasteiger partial charge in [-0.2, -0.15) is 0 Å². The molecule has 0 aliphatic carbocycles. The first kappa shape index (κ1) is 19.0. The van der Waals surface area contributed by atoms with E-state index in [9.17, 15) is 9.59 Å². The molecule has 2 rings (SSSR count). The van der Waals surface area contributed by atoms with Gasteiger partial charge in [-0.3, -0.25) is 0 Å². The summed E-state index contributed by atoms with van der Waals surface area (Å²) in [5.74, 6) is -0.411. The van der Waals surface area contributed by atoms with E-state index in [1.807, 2.05) is 23.7 Å². The summed E-state index contributed by atoms with van der Waals surface area (Å²) >= 11 is 0. The summed E-state index contributed by atoms with van der Waals surface area (Å²) < 4.78 is 12.2. The van der Waals surface area contributed by atoms with Gasteiger partial charge in [-0.25, -0.2) is 9.59 Å². The molecule has 0 radical (unpaired) electrons. The molecule has 136 valence electrons. The molecule has 0 saturated carbocycles. The first-order valence-corrected chi connectivity index (χ1v) is 8.63. The number of nitrogens with zero attached hydrogens (tertiary/aromatic N) is 1. The lowest BCUT2D eigenvalue weighted by atomic mass is 10.1. The fourth-order valence-corrected chi connectivity index (χ4v) is 2.89. The standard InChI is InChI=1S/C19H26N2O4/c1-5-24-18(22)15-8-7-14-9-17(19(23)25-6-2)21(16(14)10-15)12-13(3)11-20-4/h7-10,13,20H,5-6,11-12H2,1-4H3. The predicted octanol–water partition coefficient (Wildman–Crippen LogP) is 2.85. The Labute approximate surface area is 148 Å². The molecule has 2 aromatic rings. The van der Waals surface area contributed by atoms with Crippen LogP contribution in [-0.2, 0) is 16.0 Å². The van der Waals surface area contributed by atoms with Gasteiger partial charge in [0, 0.05) is 17.4 Å². The molecule has 1 atom stereocenters. The van der Waals surface area contributed by atoms with Crippen molar-refractivity contribution in [2.75, 3.05) is 26.8 Å². The molecule has 0 aliphatic rings. The molecule has 25 heavy (non-hydrogen) atoms. The van der Waals surface area contributed by atoms with Gasteiger partial charge in [0.2, 0.25) is 0 Å². The van der Waals surface area contributed by atoms with Gasteiger partial charge in [-0.15, -0.1) is 0 Å².